The van der Waals surface area contributed by atoms with Crippen LogP contribution in [0.5, 0.6) is 0 Å². The van der Waals surface area contributed by atoms with Gasteiger partial charge in [-0.05, 0) is 49.7 Å². The minimum absolute atomic E-state index is 0.651. The first kappa shape index (κ1) is 9.94. The van der Waals surface area contributed by atoms with E-state index >= 15 is 0 Å². The van der Waals surface area contributed by atoms with Gasteiger partial charge in [0.15, 0.2) is 0 Å². The third-order valence-corrected chi connectivity index (χ3v) is 3.21. The van der Waals surface area contributed by atoms with Crippen LogP contribution in [0.25, 0.3) is 0 Å². The summed E-state index contributed by atoms with van der Waals surface area (Å²) in [6.45, 7) is 0. The standard InChI is InChI=1S/C12H18O2/c13-11(9-5-1-2-6-9)12(14)10-7-3-4-8-10/h5,7,11-14H,1-4,6,8H2/t11-,12+. The molecule has 2 aliphatic carbocycles. The van der Waals surface area contributed by atoms with E-state index < -0.39 is 12.2 Å². The van der Waals surface area contributed by atoms with E-state index in [1.165, 1.54) is 0 Å². The van der Waals surface area contributed by atoms with Crippen molar-refractivity contribution in [3.8, 4) is 0 Å². The maximum atomic E-state index is 9.92. The molecule has 2 rings (SSSR count). The molecule has 0 saturated heterocycles. The monoisotopic (exact) mass is 194 g/mol. The molecule has 2 nitrogen and oxygen atoms in total. The molecule has 0 bridgehead atoms. The van der Waals surface area contributed by atoms with Gasteiger partial charge in [-0.25, -0.2) is 0 Å². The van der Waals surface area contributed by atoms with Gasteiger partial charge in [-0.2, -0.15) is 0 Å². The SMILES string of the molecule is O[C@H](C1=CCCC1)[C@@H](O)C1=CCCC1. The molecule has 2 N–H and O–H groups in total. The summed E-state index contributed by atoms with van der Waals surface area (Å²) in [7, 11) is 0. The van der Waals surface area contributed by atoms with Crippen molar-refractivity contribution in [1.29, 1.82) is 0 Å². The fourth-order valence-corrected chi connectivity index (χ4v) is 2.33. The van der Waals surface area contributed by atoms with Gasteiger partial charge in [0.1, 0.15) is 12.2 Å². The summed E-state index contributed by atoms with van der Waals surface area (Å²) >= 11 is 0. The number of rotatable bonds is 3. The van der Waals surface area contributed by atoms with Crippen molar-refractivity contribution in [3.05, 3.63) is 23.3 Å². The van der Waals surface area contributed by atoms with Gasteiger partial charge in [-0.15, -0.1) is 0 Å². The normalized spacial score (nSPS) is 25.9. The van der Waals surface area contributed by atoms with Crippen molar-refractivity contribution >= 4 is 0 Å². The second-order valence-electron chi connectivity index (χ2n) is 4.23. The van der Waals surface area contributed by atoms with Gasteiger partial charge in [0, 0.05) is 0 Å². The van der Waals surface area contributed by atoms with Crippen LogP contribution >= 0.6 is 0 Å². The molecule has 0 radical (unpaired) electrons. The quantitative estimate of drug-likeness (QED) is 0.674. The van der Waals surface area contributed by atoms with Gasteiger partial charge >= 0.3 is 0 Å². The molecule has 0 fully saturated rings. The summed E-state index contributed by atoms with van der Waals surface area (Å²) in [5.74, 6) is 0. The van der Waals surface area contributed by atoms with Crippen LogP contribution in [0.2, 0.25) is 0 Å². The van der Waals surface area contributed by atoms with Crippen molar-refractivity contribution in [2.45, 2.75) is 50.7 Å². The van der Waals surface area contributed by atoms with Gasteiger partial charge < -0.3 is 10.2 Å². The number of hydrogen-bond acceptors (Lipinski definition) is 2. The average Bonchev–Trinajstić information content (AvgIpc) is 2.87. The van der Waals surface area contributed by atoms with E-state index in [0.717, 1.165) is 49.7 Å². The van der Waals surface area contributed by atoms with Crippen LogP contribution in [0.4, 0.5) is 0 Å². The summed E-state index contributed by atoms with van der Waals surface area (Å²) in [5.41, 5.74) is 2.07. The van der Waals surface area contributed by atoms with E-state index in [9.17, 15) is 10.2 Å². The Labute approximate surface area is 85.0 Å². The molecule has 78 valence electrons. The van der Waals surface area contributed by atoms with Crippen LogP contribution in [0, 0.1) is 0 Å². The Morgan fingerprint density at radius 2 is 1.29 bits per heavy atom. The van der Waals surface area contributed by atoms with E-state index in [0.29, 0.717) is 0 Å². The molecule has 0 amide bonds. The number of allylic oxidation sites excluding steroid dienone is 2. The summed E-state index contributed by atoms with van der Waals surface area (Å²) in [6.07, 6.45) is 9.10. The maximum Gasteiger partial charge on any atom is 0.105 e. The van der Waals surface area contributed by atoms with Crippen LogP contribution in [-0.4, -0.2) is 22.4 Å². The molecule has 2 heteroatoms. The van der Waals surface area contributed by atoms with Crippen LogP contribution in [0.3, 0.4) is 0 Å². The predicted molar refractivity (Wildman–Crippen MR) is 55.9 cm³/mol. The highest BCUT2D eigenvalue weighted by Crippen LogP contribution is 2.28. The fraction of sp³-hybridized carbons (Fsp3) is 0.667. The van der Waals surface area contributed by atoms with Crippen molar-refractivity contribution in [2.24, 2.45) is 0 Å². The Bertz CT molecular complexity index is 237. The van der Waals surface area contributed by atoms with Gasteiger partial charge in [-0.3, -0.25) is 0 Å². The molecular formula is C12H18O2. The molecule has 0 saturated carbocycles. The summed E-state index contributed by atoms with van der Waals surface area (Å²) in [6, 6.07) is 0. The molecule has 0 aromatic carbocycles. The number of aliphatic hydroxyl groups excluding tert-OH is 2. The Kier molecular flexibility index (Phi) is 3.04. The van der Waals surface area contributed by atoms with Crippen LogP contribution in [-0.2, 0) is 0 Å². The lowest BCUT2D eigenvalue weighted by Crippen LogP contribution is -2.28. The zero-order chi connectivity index (χ0) is 9.97. The maximum absolute atomic E-state index is 9.92. The average molecular weight is 194 g/mol. The predicted octanol–water partition coefficient (Wildman–Crippen LogP) is 1.93. The third-order valence-electron chi connectivity index (χ3n) is 3.21. The van der Waals surface area contributed by atoms with Crippen molar-refractivity contribution < 1.29 is 10.2 Å². The molecule has 0 aromatic heterocycles. The van der Waals surface area contributed by atoms with Gasteiger partial charge in [-0.1, -0.05) is 12.2 Å². The van der Waals surface area contributed by atoms with E-state index in [2.05, 4.69) is 12.2 Å². The van der Waals surface area contributed by atoms with E-state index in [-0.39, 0.29) is 0 Å². The number of aliphatic hydroxyl groups is 2. The Balaban J connectivity index is 1.99. The van der Waals surface area contributed by atoms with Crippen molar-refractivity contribution in [3.63, 3.8) is 0 Å². The molecule has 0 heterocycles. The van der Waals surface area contributed by atoms with Crippen molar-refractivity contribution in [2.75, 3.05) is 0 Å². The second kappa shape index (κ2) is 4.28. The first-order valence-electron chi connectivity index (χ1n) is 5.53. The van der Waals surface area contributed by atoms with Gasteiger partial charge in [0.05, 0.1) is 0 Å². The zero-order valence-electron chi connectivity index (χ0n) is 8.45. The molecule has 0 aromatic rings. The Morgan fingerprint density at radius 1 is 0.857 bits per heavy atom. The lowest BCUT2D eigenvalue weighted by molar-refractivity contribution is 0.0629. The summed E-state index contributed by atoms with van der Waals surface area (Å²) in [4.78, 5) is 0. The Morgan fingerprint density at radius 3 is 1.57 bits per heavy atom. The number of hydrogen-bond donors (Lipinski definition) is 2. The van der Waals surface area contributed by atoms with Crippen LogP contribution in [0.15, 0.2) is 23.3 Å². The first-order chi connectivity index (χ1) is 6.79. The second-order valence-corrected chi connectivity index (χ2v) is 4.23. The third kappa shape index (κ3) is 1.91. The molecule has 2 atom stereocenters. The zero-order valence-corrected chi connectivity index (χ0v) is 8.45. The van der Waals surface area contributed by atoms with E-state index in [1.54, 1.807) is 0 Å². The largest absolute Gasteiger partial charge is 0.386 e. The molecule has 0 unspecified atom stereocenters. The molecule has 0 aliphatic heterocycles. The van der Waals surface area contributed by atoms with Crippen LogP contribution in [0.1, 0.15) is 38.5 Å². The molecule has 2 aliphatic rings. The van der Waals surface area contributed by atoms with Gasteiger partial charge in [0.25, 0.3) is 0 Å². The first-order valence-corrected chi connectivity index (χ1v) is 5.53. The molecule has 14 heavy (non-hydrogen) atoms. The highest BCUT2D eigenvalue weighted by molar-refractivity contribution is 5.23. The topological polar surface area (TPSA) is 40.5 Å². The summed E-state index contributed by atoms with van der Waals surface area (Å²) in [5, 5.41) is 19.8. The lowest BCUT2D eigenvalue weighted by atomic mass is 9.97. The Hall–Kier alpha value is -0.600. The smallest absolute Gasteiger partial charge is 0.105 e. The summed E-state index contributed by atoms with van der Waals surface area (Å²) < 4.78 is 0. The molecule has 0 spiro atoms. The highest BCUT2D eigenvalue weighted by atomic mass is 16.3. The highest BCUT2D eigenvalue weighted by Gasteiger charge is 2.26. The minimum atomic E-state index is -0.651. The minimum Gasteiger partial charge on any atom is -0.386 e. The van der Waals surface area contributed by atoms with Crippen LogP contribution < -0.4 is 0 Å². The van der Waals surface area contributed by atoms with E-state index in [4.69, 9.17) is 0 Å². The fourth-order valence-electron chi connectivity index (χ4n) is 2.33. The van der Waals surface area contributed by atoms with E-state index in [1.807, 2.05) is 0 Å². The van der Waals surface area contributed by atoms with Gasteiger partial charge in [0.2, 0.25) is 0 Å². The lowest BCUT2D eigenvalue weighted by Gasteiger charge is -2.20. The molecular weight excluding hydrogens is 176 g/mol. The van der Waals surface area contributed by atoms with Crippen molar-refractivity contribution in [1.82, 2.24) is 0 Å².